The lowest BCUT2D eigenvalue weighted by Gasteiger charge is -2.30. The van der Waals surface area contributed by atoms with Crippen LogP contribution in [0.4, 0.5) is 0 Å². The van der Waals surface area contributed by atoms with Gasteiger partial charge in [0, 0.05) is 16.8 Å². The van der Waals surface area contributed by atoms with E-state index in [2.05, 4.69) is 10.6 Å². The van der Waals surface area contributed by atoms with Crippen molar-refractivity contribution < 1.29 is 9.53 Å². The molecule has 140 valence electrons. The van der Waals surface area contributed by atoms with Gasteiger partial charge < -0.3 is 15.4 Å². The normalized spacial score (nSPS) is 16.6. The van der Waals surface area contributed by atoms with Gasteiger partial charge in [0.05, 0.1) is 17.7 Å². The Morgan fingerprint density at radius 2 is 1.96 bits per heavy atom. The third kappa shape index (κ3) is 4.31. The van der Waals surface area contributed by atoms with Gasteiger partial charge in [-0.1, -0.05) is 54.9 Å². The fraction of sp³-hybridized carbons (Fsp3) is 0.238. The molecule has 0 fully saturated rings. The van der Waals surface area contributed by atoms with Crippen LogP contribution in [-0.4, -0.2) is 17.5 Å². The molecular formula is C21H21ClN2O2S. The summed E-state index contributed by atoms with van der Waals surface area (Å²) in [6, 6.07) is 14.4. The maximum Gasteiger partial charge on any atom is 0.193 e. The van der Waals surface area contributed by atoms with Crippen molar-refractivity contribution in [1.29, 1.82) is 0 Å². The Balaban J connectivity index is 1.99. The number of Topliss-reactive ketones (excluding diaryl/α,β-unsaturated/α-hetero) is 1. The maximum atomic E-state index is 13.2. The number of ketones is 1. The summed E-state index contributed by atoms with van der Waals surface area (Å²) in [5.74, 6) is 0.582. The van der Waals surface area contributed by atoms with Gasteiger partial charge in [0.1, 0.15) is 5.75 Å². The molecular weight excluding hydrogens is 380 g/mol. The topological polar surface area (TPSA) is 50.4 Å². The van der Waals surface area contributed by atoms with E-state index in [0.29, 0.717) is 33.6 Å². The molecule has 2 N–H and O–H groups in total. The maximum absolute atomic E-state index is 13.2. The lowest BCUT2D eigenvalue weighted by atomic mass is 9.89. The molecule has 0 bridgehead atoms. The van der Waals surface area contributed by atoms with Crippen molar-refractivity contribution in [2.24, 2.45) is 0 Å². The highest BCUT2D eigenvalue weighted by molar-refractivity contribution is 7.80. The van der Waals surface area contributed by atoms with Crippen molar-refractivity contribution in [3.63, 3.8) is 0 Å². The summed E-state index contributed by atoms with van der Waals surface area (Å²) in [5, 5.41) is 7.24. The molecule has 0 spiro atoms. The highest BCUT2D eigenvalue weighted by Crippen LogP contribution is 2.34. The Morgan fingerprint density at radius 3 is 2.63 bits per heavy atom. The Hall–Kier alpha value is -2.37. The molecule has 6 heteroatoms. The van der Waals surface area contributed by atoms with Crippen LogP contribution >= 0.6 is 23.8 Å². The summed E-state index contributed by atoms with van der Waals surface area (Å²) in [6.07, 6.45) is 0.903. The van der Waals surface area contributed by atoms with Gasteiger partial charge >= 0.3 is 0 Å². The number of ether oxygens (including phenoxy) is 1. The van der Waals surface area contributed by atoms with E-state index in [9.17, 15) is 4.79 Å². The number of thiocarbonyl (C=S) groups is 1. The van der Waals surface area contributed by atoms with Crippen LogP contribution < -0.4 is 15.4 Å². The average molecular weight is 401 g/mol. The van der Waals surface area contributed by atoms with Crippen molar-refractivity contribution >= 4 is 34.7 Å². The largest absolute Gasteiger partial charge is 0.492 e. The summed E-state index contributed by atoms with van der Waals surface area (Å²) in [5.41, 5.74) is 2.83. The molecule has 1 unspecified atom stereocenters. The van der Waals surface area contributed by atoms with Crippen LogP contribution in [-0.2, 0) is 0 Å². The fourth-order valence-electron chi connectivity index (χ4n) is 3.02. The number of allylic oxidation sites excluding steroid dienone is 1. The number of nitrogens with one attached hydrogen (secondary N) is 2. The lowest BCUT2D eigenvalue weighted by molar-refractivity contribution is 0.102. The van der Waals surface area contributed by atoms with Gasteiger partial charge in [0.15, 0.2) is 10.9 Å². The summed E-state index contributed by atoms with van der Waals surface area (Å²) in [6.45, 7) is 4.50. The Labute approximate surface area is 169 Å². The van der Waals surface area contributed by atoms with Gasteiger partial charge in [0.25, 0.3) is 0 Å². The quantitative estimate of drug-likeness (QED) is 0.538. The Kier molecular flexibility index (Phi) is 6.14. The first kappa shape index (κ1) is 19.4. The number of carbonyl (C=O) groups is 1. The number of hydrogen-bond donors (Lipinski definition) is 2. The van der Waals surface area contributed by atoms with Gasteiger partial charge in [-0.25, -0.2) is 0 Å². The minimum Gasteiger partial charge on any atom is -0.492 e. The summed E-state index contributed by atoms with van der Waals surface area (Å²) >= 11 is 11.7. The van der Waals surface area contributed by atoms with E-state index >= 15 is 0 Å². The third-order valence-corrected chi connectivity index (χ3v) is 4.82. The smallest absolute Gasteiger partial charge is 0.193 e. The van der Waals surface area contributed by atoms with Crippen LogP contribution in [0.25, 0.3) is 0 Å². The average Bonchev–Trinajstić information content (AvgIpc) is 2.66. The highest BCUT2D eigenvalue weighted by atomic mass is 35.5. The van der Waals surface area contributed by atoms with Crippen LogP contribution in [0.2, 0.25) is 5.02 Å². The third-order valence-electron chi connectivity index (χ3n) is 4.30. The van der Waals surface area contributed by atoms with E-state index in [4.69, 9.17) is 28.6 Å². The van der Waals surface area contributed by atoms with Gasteiger partial charge in [-0.05, 0) is 43.3 Å². The van der Waals surface area contributed by atoms with Gasteiger partial charge in [-0.2, -0.15) is 0 Å². The predicted octanol–water partition coefficient (Wildman–Crippen LogP) is 4.80. The van der Waals surface area contributed by atoms with E-state index in [1.165, 1.54) is 0 Å². The molecule has 1 atom stereocenters. The molecule has 0 amide bonds. The molecule has 3 rings (SSSR count). The van der Waals surface area contributed by atoms with Crippen molar-refractivity contribution in [3.8, 4) is 5.75 Å². The second-order valence-electron chi connectivity index (χ2n) is 6.30. The van der Waals surface area contributed by atoms with Crippen LogP contribution in [0.15, 0.2) is 59.8 Å². The second kappa shape index (κ2) is 8.55. The molecule has 0 radical (unpaired) electrons. The van der Waals surface area contributed by atoms with E-state index in [-0.39, 0.29) is 11.8 Å². The van der Waals surface area contributed by atoms with Gasteiger partial charge in [-0.15, -0.1) is 0 Å². The fourth-order valence-corrected chi connectivity index (χ4v) is 3.53. The minimum absolute atomic E-state index is 0.0527. The van der Waals surface area contributed by atoms with E-state index in [1.54, 1.807) is 12.1 Å². The van der Waals surface area contributed by atoms with E-state index in [1.807, 2.05) is 50.2 Å². The zero-order valence-electron chi connectivity index (χ0n) is 15.2. The molecule has 1 aliphatic heterocycles. The predicted molar refractivity (Wildman–Crippen MR) is 112 cm³/mol. The Morgan fingerprint density at radius 1 is 1.22 bits per heavy atom. The lowest BCUT2D eigenvalue weighted by Crippen LogP contribution is -2.44. The van der Waals surface area contributed by atoms with Gasteiger partial charge in [-0.3, -0.25) is 4.79 Å². The summed E-state index contributed by atoms with van der Waals surface area (Å²) in [7, 11) is 0. The molecule has 4 nitrogen and oxygen atoms in total. The standard InChI is InChI=1S/C21H21ClN2O2S/c1-3-11-26-17-10-9-15(12-16(17)22)19-18(13(2)23-21(27)24-19)20(25)14-7-5-4-6-8-14/h4-10,12,19H,3,11H2,1-2H3,(H2,23,24,27). The van der Waals surface area contributed by atoms with Crippen LogP contribution in [0.1, 0.15) is 42.2 Å². The number of rotatable bonds is 6. The molecule has 0 saturated heterocycles. The van der Waals surface area contributed by atoms with E-state index in [0.717, 1.165) is 17.7 Å². The zero-order valence-corrected chi connectivity index (χ0v) is 16.8. The highest BCUT2D eigenvalue weighted by Gasteiger charge is 2.30. The molecule has 2 aromatic rings. The summed E-state index contributed by atoms with van der Waals surface area (Å²) < 4.78 is 5.64. The Bertz CT molecular complexity index is 896. The summed E-state index contributed by atoms with van der Waals surface area (Å²) in [4.78, 5) is 13.2. The number of benzene rings is 2. The molecule has 0 saturated carbocycles. The second-order valence-corrected chi connectivity index (χ2v) is 7.12. The van der Waals surface area contributed by atoms with Crippen molar-refractivity contribution in [1.82, 2.24) is 10.6 Å². The SMILES string of the molecule is CCCOc1ccc(C2NC(=S)NC(C)=C2C(=O)c2ccccc2)cc1Cl. The first-order valence-corrected chi connectivity index (χ1v) is 9.60. The molecule has 0 aromatic heterocycles. The van der Waals surface area contributed by atoms with Crippen molar-refractivity contribution in [3.05, 3.63) is 76.0 Å². The van der Waals surface area contributed by atoms with Gasteiger partial charge in [0.2, 0.25) is 0 Å². The monoisotopic (exact) mass is 400 g/mol. The molecule has 1 aliphatic rings. The van der Waals surface area contributed by atoms with Crippen molar-refractivity contribution in [2.45, 2.75) is 26.3 Å². The van der Waals surface area contributed by atoms with Crippen LogP contribution in [0, 0.1) is 0 Å². The molecule has 2 aromatic carbocycles. The van der Waals surface area contributed by atoms with E-state index < -0.39 is 0 Å². The number of carbonyl (C=O) groups excluding carboxylic acids is 1. The van der Waals surface area contributed by atoms with Crippen molar-refractivity contribution in [2.75, 3.05) is 6.61 Å². The first-order chi connectivity index (χ1) is 13.0. The minimum atomic E-state index is -0.385. The number of halogens is 1. The first-order valence-electron chi connectivity index (χ1n) is 8.81. The molecule has 0 aliphatic carbocycles. The molecule has 27 heavy (non-hydrogen) atoms. The zero-order chi connectivity index (χ0) is 19.4. The van der Waals surface area contributed by atoms with Crippen LogP contribution in [0.5, 0.6) is 5.75 Å². The number of hydrogen-bond acceptors (Lipinski definition) is 3. The van der Waals surface area contributed by atoms with Crippen LogP contribution in [0.3, 0.4) is 0 Å². The molecule has 1 heterocycles.